The van der Waals surface area contributed by atoms with Crippen LogP contribution in [0.5, 0.6) is 5.75 Å². The van der Waals surface area contributed by atoms with Crippen LogP contribution >= 0.6 is 11.3 Å². The quantitative estimate of drug-likeness (QED) is 0.859. The Hall–Kier alpha value is -1.85. The molecule has 0 saturated carbocycles. The van der Waals surface area contributed by atoms with Crippen molar-refractivity contribution in [2.75, 3.05) is 7.11 Å². The standard InChI is InChI=1S/C15H17NO3S/c1-10-6-7-20-13(10)9-16-14(15(17)18)11-4-3-5-12(8-11)19-2/h3-8,14,16H,9H2,1-2H3,(H,17,18). The van der Waals surface area contributed by atoms with Gasteiger partial charge >= 0.3 is 5.97 Å². The number of carboxylic acids is 1. The van der Waals surface area contributed by atoms with Gasteiger partial charge in [0.2, 0.25) is 0 Å². The Labute approximate surface area is 122 Å². The fourth-order valence-corrected chi connectivity index (χ4v) is 2.81. The predicted octanol–water partition coefficient (Wildman–Crippen LogP) is 2.98. The normalized spacial score (nSPS) is 12.1. The number of thiophene rings is 1. The number of hydrogen-bond acceptors (Lipinski definition) is 4. The molecule has 0 amide bonds. The smallest absolute Gasteiger partial charge is 0.325 e. The zero-order valence-electron chi connectivity index (χ0n) is 11.4. The molecule has 0 spiro atoms. The highest BCUT2D eigenvalue weighted by molar-refractivity contribution is 7.10. The first-order valence-electron chi connectivity index (χ1n) is 6.25. The van der Waals surface area contributed by atoms with Crippen molar-refractivity contribution in [1.29, 1.82) is 0 Å². The number of carbonyl (C=O) groups is 1. The molecule has 1 unspecified atom stereocenters. The van der Waals surface area contributed by atoms with Gasteiger partial charge in [0, 0.05) is 11.4 Å². The van der Waals surface area contributed by atoms with Crippen LogP contribution in [0.4, 0.5) is 0 Å². The predicted molar refractivity (Wildman–Crippen MR) is 79.3 cm³/mol. The van der Waals surface area contributed by atoms with E-state index in [-0.39, 0.29) is 0 Å². The lowest BCUT2D eigenvalue weighted by Gasteiger charge is -2.15. The second kappa shape index (κ2) is 6.54. The highest BCUT2D eigenvalue weighted by Crippen LogP contribution is 2.21. The molecule has 2 N–H and O–H groups in total. The Kier molecular flexibility index (Phi) is 4.76. The van der Waals surface area contributed by atoms with Crippen LogP contribution in [0.2, 0.25) is 0 Å². The van der Waals surface area contributed by atoms with E-state index >= 15 is 0 Å². The van der Waals surface area contributed by atoms with Gasteiger partial charge in [-0.25, -0.2) is 0 Å². The van der Waals surface area contributed by atoms with Crippen molar-refractivity contribution in [3.63, 3.8) is 0 Å². The van der Waals surface area contributed by atoms with E-state index in [9.17, 15) is 9.90 Å². The van der Waals surface area contributed by atoms with E-state index in [1.165, 1.54) is 5.56 Å². The fraction of sp³-hybridized carbons (Fsp3) is 0.267. The van der Waals surface area contributed by atoms with Gasteiger partial charge in [0.1, 0.15) is 11.8 Å². The van der Waals surface area contributed by atoms with Gasteiger partial charge in [-0.2, -0.15) is 0 Å². The van der Waals surface area contributed by atoms with E-state index in [2.05, 4.69) is 5.32 Å². The number of hydrogen-bond donors (Lipinski definition) is 2. The van der Waals surface area contributed by atoms with E-state index in [4.69, 9.17) is 4.74 Å². The van der Waals surface area contributed by atoms with Crippen molar-refractivity contribution in [3.05, 3.63) is 51.7 Å². The maximum absolute atomic E-state index is 11.4. The van der Waals surface area contributed by atoms with Crippen LogP contribution in [0.15, 0.2) is 35.7 Å². The molecule has 1 aromatic carbocycles. The Bertz CT molecular complexity index is 594. The molecule has 2 rings (SSSR count). The molecule has 106 valence electrons. The number of nitrogens with one attached hydrogen (secondary N) is 1. The monoisotopic (exact) mass is 291 g/mol. The van der Waals surface area contributed by atoms with Gasteiger partial charge in [0.15, 0.2) is 0 Å². The lowest BCUT2D eigenvalue weighted by Crippen LogP contribution is -2.28. The van der Waals surface area contributed by atoms with E-state index in [0.717, 1.165) is 4.88 Å². The molecule has 1 aromatic heterocycles. The summed E-state index contributed by atoms with van der Waals surface area (Å²) in [5.74, 6) is -0.240. The van der Waals surface area contributed by atoms with Gasteiger partial charge in [-0.1, -0.05) is 12.1 Å². The Morgan fingerprint density at radius 3 is 2.85 bits per heavy atom. The van der Waals surface area contributed by atoms with Crippen LogP contribution in [0, 0.1) is 6.92 Å². The molecular weight excluding hydrogens is 274 g/mol. The number of ether oxygens (including phenoxy) is 1. The van der Waals surface area contributed by atoms with Gasteiger partial charge < -0.3 is 9.84 Å². The Morgan fingerprint density at radius 2 is 2.25 bits per heavy atom. The molecule has 0 bridgehead atoms. The molecule has 0 fully saturated rings. The van der Waals surface area contributed by atoms with Crippen LogP contribution in [-0.4, -0.2) is 18.2 Å². The molecule has 0 aliphatic carbocycles. The van der Waals surface area contributed by atoms with Crippen molar-refractivity contribution in [2.24, 2.45) is 0 Å². The van der Waals surface area contributed by atoms with Crippen LogP contribution in [0.1, 0.15) is 22.0 Å². The highest BCUT2D eigenvalue weighted by Gasteiger charge is 2.20. The van der Waals surface area contributed by atoms with Gasteiger partial charge in [-0.05, 0) is 41.6 Å². The topological polar surface area (TPSA) is 58.6 Å². The van der Waals surface area contributed by atoms with Gasteiger partial charge in [0.25, 0.3) is 0 Å². The van der Waals surface area contributed by atoms with E-state index in [1.54, 1.807) is 42.7 Å². The number of benzene rings is 1. The van der Waals surface area contributed by atoms with Crippen molar-refractivity contribution < 1.29 is 14.6 Å². The summed E-state index contributed by atoms with van der Waals surface area (Å²) in [7, 11) is 1.57. The summed E-state index contributed by atoms with van der Waals surface area (Å²) in [6.07, 6.45) is 0. The number of aliphatic carboxylic acids is 1. The molecule has 0 aliphatic heterocycles. The summed E-state index contributed by atoms with van der Waals surface area (Å²) in [4.78, 5) is 12.6. The van der Waals surface area contributed by atoms with Crippen LogP contribution in [0.3, 0.4) is 0 Å². The molecule has 1 atom stereocenters. The number of methoxy groups -OCH3 is 1. The first kappa shape index (κ1) is 14.6. The molecule has 0 saturated heterocycles. The second-order valence-electron chi connectivity index (χ2n) is 4.46. The third-order valence-electron chi connectivity index (χ3n) is 3.11. The minimum Gasteiger partial charge on any atom is -0.497 e. The van der Waals surface area contributed by atoms with E-state index in [1.807, 2.05) is 18.4 Å². The van der Waals surface area contributed by atoms with Crippen molar-refractivity contribution in [1.82, 2.24) is 5.32 Å². The molecular formula is C15H17NO3S. The number of rotatable bonds is 6. The second-order valence-corrected chi connectivity index (χ2v) is 5.46. The van der Waals surface area contributed by atoms with Crippen molar-refractivity contribution >= 4 is 17.3 Å². The first-order chi connectivity index (χ1) is 9.61. The SMILES string of the molecule is COc1cccc(C(NCc2sccc2C)C(=O)O)c1. The lowest BCUT2D eigenvalue weighted by atomic mass is 10.1. The summed E-state index contributed by atoms with van der Waals surface area (Å²) < 4.78 is 5.14. The average Bonchev–Trinajstić information content (AvgIpc) is 2.84. The number of carboxylic acid groups (broad SMARTS) is 1. The number of aryl methyl sites for hydroxylation is 1. The fourth-order valence-electron chi connectivity index (χ4n) is 1.95. The van der Waals surface area contributed by atoms with Crippen LogP contribution in [0.25, 0.3) is 0 Å². The van der Waals surface area contributed by atoms with Gasteiger partial charge in [-0.15, -0.1) is 11.3 Å². The summed E-state index contributed by atoms with van der Waals surface area (Å²) in [6, 6.07) is 8.41. The minimum atomic E-state index is -0.896. The van der Waals surface area contributed by atoms with Crippen molar-refractivity contribution in [2.45, 2.75) is 19.5 Å². The summed E-state index contributed by atoms with van der Waals surface area (Å²) in [5.41, 5.74) is 1.86. The molecule has 5 heteroatoms. The molecule has 0 aliphatic rings. The Morgan fingerprint density at radius 1 is 1.45 bits per heavy atom. The molecule has 1 heterocycles. The van der Waals surface area contributed by atoms with Gasteiger partial charge in [0.05, 0.1) is 7.11 Å². The zero-order valence-corrected chi connectivity index (χ0v) is 12.2. The molecule has 0 radical (unpaired) electrons. The largest absolute Gasteiger partial charge is 0.497 e. The molecule has 20 heavy (non-hydrogen) atoms. The van der Waals surface area contributed by atoms with E-state index in [0.29, 0.717) is 17.9 Å². The summed E-state index contributed by atoms with van der Waals surface area (Å²) in [6.45, 7) is 2.56. The summed E-state index contributed by atoms with van der Waals surface area (Å²) in [5, 5.41) is 14.5. The summed E-state index contributed by atoms with van der Waals surface area (Å²) >= 11 is 1.63. The van der Waals surface area contributed by atoms with E-state index < -0.39 is 12.0 Å². The van der Waals surface area contributed by atoms with Gasteiger partial charge in [-0.3, -0.25) is 10.1 Å². The molecule has 2 aromatic rings. The Balaban J connectivity index is 2.14. The van der Waals surface area contributed by atoms with Crippen molar-refractivity contribution in [3.8, 4) is 5.75 Å². The van der Waals surface area contributed by atoms with Crippen LogP contribution in [-0.2, 0) is 11.3 Å². The van der Waals surface area contributed by atoms with Crippen LogP contribution < -0.4 is 10.1 Å². The lowest BCUT2D eigenvalue weighted by molar-refractivity contribution is -0.139. The first-order valence-corrected chi connectivity index (χ1v) is 7.13. The maximum Gasteiger partial charge on any atom is 0.325 e. The minimum absolute atomic E-state index is 0.539. The zero-order chi connectivity index (χ0) is 14.5. The average molecular weight is 291 g/mol. The maximum atomic E-state index is 11.4. The molecule has 4 nitrogen and oxygen atoms in total. The third kappa shape index (κ3) is 3.37. The third-order valence-corrected chi connectivity index (χ3v) is 4.13. The highest BCUT2D eigenvalue weighted by atomic mass is 32.1.